The third-order valence-electron chi connectivity index (χ3n) is 3.29. The Morgan fingerprint density at radius 1 is 1.23 bits per heavy atom. The van der Waals surface area contributed by atoms with Crippen LogP contribution in [0.15, 0.2) is 42.5 Å². The first-order valence-corrected chi connectivity index (χ1v) is 6.91. The Labute approximate surface area is 131 Å². The number of methoxy groups -OCH3 is 1. The summed E-state index contributed by atoms with van der Waals surface area (Å²) in [4.78, 5) is 24.4. The molecule has 0 saturated carbocycles. The quantitative estimate of drug-likeness (QED) is 0.884. The lowest BCUT2D eigenvalue weighted by Gasteiger charge is -2.10. The zero-order valence-corrected chi connectivity index (χ0v) is 12.4. The fraction of sp³-hybridized carbons (Fsp3) is 0.125. The monoisotopic (exact) mass is 317 g/mol. The maximum atomic E-state index is 12.2. The van der Waals surface area contributed by atoms with Gasteiger partial charge in [-0.1, -0.05) is 11.6 Å². The lowest BCUT2D eigenvalue weighted by molar-refractivity contribution is -0.120. The number of halogens is 1. The van der Waals surface area contributed by atoms with E-state index in [1.54, 1.807) is 43.5 Å². The predicted octanol–water partition coefficient (Wildman–Crippen LogP) is 2.93. The summed E-state index contributed by atoms with van der Waals surface area (Å²) >= 11 is 5.85. The molecule has 0 aromatic heterocycles. The number of nitrogens with one attached hydrogen (secondary N) is 1. The molecule has 1 N–H and O–H groups in total. The van der Waals surface area contributed by atoms with E-state index >= 15 is 0 Å². The minimum Gasteiger partial charge on any atom is -0.497 e. The maximum absolute atomic E-state index is 12.2. The van der Waals surface area contributed by atoms with Crippen LogP contribution in [0.5, 0.6) is 11.5 Å². The molecule has 6 heteroatoms. The molecule has 1 aliphatic heterocycles. The van der Waals surface area contributed by atoms with Crippen molar-refractivity contribution in [2.75, 3.05) is 12.4 Å². The van der Waals surface area contributed by atoms with Gasteiger partial charge in [0.15, 0.2) is 0 Å². The predicted molar refractivity (Wildman–Crippen MR) is 81.8 cm³/mol. The van der Waals surface area contributed by atoms with Crippen LogP contribution in [-0.4, -0.2) is 24.9 Å². The highest BCUT2D eigenvalue weighted by molar-refractivity contribution is 6.31. The molecule has 0 unspecified atom stereocenters. The summed E-state index contributed by atoms with van der Waals surface area (Å²) in [6, 6.07) is 11.5. The molecule has 112 valence electrons. The summed E-state index contributed by atoms with van der Waals surface area (Å²) in [6.07, 6.45) is -1.20. The van der Waals surface area contributed by atoms with Gasteiger partial charge < -0.3 is 14.8 Å². The molecule has 1 amide bonds. The number of ketones is 1. The molecule has 1 heterocycles. The van der Waals surface area contributed by atoms with Crippen molar-refractivity contribution in [3.05, 3.63) is 53.1 Å². The summed E-state index contributed by atoms with van der Waals surface area (Å²) in [6.45, 7) is 0. The number of hydrogen-bond acceptors (Lipinski definition) is 4. The third-order valence-corrected chi connectivity index (χ3v) is 3.52. The average Bonchev–Trinajstić information content (AvgIpc) is 2.85. The van der Waals surface area contributed by atoms with Crippen molar-refractivity contribution < 1.29 is 19.1 Å². The zero-order chi connectivity index (χ0) is 15.7. The number of ether oxygens (including phenoxy) is 2. The van der Waals surface area contributed by atoms with Crippen molar-refractivity contribution in [2.24, 2.45) is 0 Å². The highest BCUT2D eigenvalue weighted by atomic mass is 35.5. The average molecular weight is 318 g/mol. The second-order valence-corrected chi connectivity index (χ2v) is 5.16. The standard InChI is InChI=1S/C16H12ClNO4/c1-21-11-5-3-10(4-6-11)18-16(20)15-14(19)12-8-9(17)2-7-13(12)22-15/h2-8,15H,1H3,(H,18,20)/t15-/m1/s1. The second-order valence-electron chi connectivity index (χ2n) is 4.72. The number of benzene rings is 2. The van der Waals surface area contributed by atoms with Crippen LogP contribution in [0.2, 0.25) is 5.02 Å². The number of fused-ring (bicyclic) bond motifs is 1. The van der Waals surface area contributed by atoms with Gasteiger partial charge in [-0.3, -0.25) is 9.59 Å². The second kappa shape index (κ2) is 5.69. The number of Topliss-reactive ketones (excluding diaryl/α,β-unsaturated/α-hetero) is 1. The molecule has 0 saturated heterocycles. The van der Waals surface area contributed by atoms with E-state index in [1.807, 2.05) is 0 Å². The molecule has 2 aromatic rings. The van der Waals surface area contributed by atoms with Crippen LogP contribution in [0.4, 0.5) is 5.69 Å². The van der Waals surface area contributed by atoms with Crippen molar-refractivity contribution in [3.8, 4) is 11.5 Å². The van der Waals surface area contributed by atoms with Gasteiger partial charge in [0.25, 0.3) is 5.91 Å². The molecule has 22 heavy (non-hydrogen) atoms. The smallest absolute Gasteiger partial charge is 0.273 e. The molecule has 2 aromatic carbocycles. The van der Waals surface area contributed by atoms with Crippen molar-refractivity contribution in [3.63, 3.8) is 0 Å². The SMILES string of the molecule is COc1ccc(NC(=O)[C@@H]2Oc3ccc(Cl)cc3C2=O)cc1. The van der Waals surface area contributed by atoms with Crippen molar-refractivity contribution in [1.29, 1.82) is 0 Å². The lowest BCUT2D eigenvalue weighted by Crippen LogP contribution is -2.35. The first kappa shape index (κ1) is 14.4. The molecule has 5 nitrogen and oxygen atoms in total. The zero-order valence-electron chi connectivity index (χ0n) is 11.6. The van der Waals surface area contributed by atoms with Crippen LogP contribution in [0.1, 0.15) is 10.4 Å². The van der Waals surface area contributed by atoms with Crippen LogP contribution in [0.25, 0.3) is 0 Å². The normalized spacial score (nSPS) is 15.9. The highest BCUT2D eigenvalue weighted by Crippen LogP contribution is 2.31. The van der Waals surface area contributed by atoms with E-state index in [0.717, 1.165) is 0 Å². The molecular weight excluding hydrogens is 306 g/mol. The van der Waals surface area contributed by atoms with Crippen LogP contribution in [-0.2, 0) is 4.79 Å². The molecule has 0 fully saturated rings. The molecule has 1 aliphatic rings. The molecule has 1 atom stereocenters. The van der Waals surface area contributed by atoms with Crippen LogP contribution >= 0.6 is 11.6 Å². The van der Waals surface area contributed by atoms with E-state index in [-0.39, 0.29) is 0 Å². The van der Waals surface area contributed by atoms with Crippen LogP contribution in [0.3, 0.4) is 0 Å². The van der Waals surface area contributed by atoms with E-state index in [9.17, 15) is 9.59 Å². The van der Waals surface area contributed by atoms with E-state index in [2.05, 4.69) is 5.32 Å². The van der Waals surface area contributed by atoms with Gasteiger partial charge in [0, 0.05) is 10.7 Å². The van der Waals surface area contributed by atoms with Gasteiger partial charge in [0.1, 0.15) is 11.5 Å². The lowest BCUT2D eigenvalue weighted by atomic mass is 10.1. The highest BCUT2D eigenvalue weighted by Gasteiger charge is 2.38. The maximum Gasteiger partial charge on any atom is 0.273 e. The Balaban J connectivity index is 1.75. The van der Waals surface area contributed by atoms with E-state index in [1.165, 1.54) is 6.07 Å². The first-order chi connectivity index (χ1) is 10.6. The number of carbonyl (C=O) groups is 2. The summed E-state index contributed by atoms with van der Waals surface area (Å²) < 4.78 is 10.4. The molecule has 0 aliphatic carbocycles. The van der Waals surface area contributed by atoms with E-state index in [4.69, 9.17) is 21.1 Å². The van der Waals surface area contributed by atoms with Crippen LogP contribution < -0.4 is 14.8 Å². The number of anilines is 1. The van der Waals surface area contributed by atoms with Crippen molar-refractivity contribution in [2.45, 2.75) is 6.10 Å². The number of rotatable bonds is 3. The molecule has 3 rings (SSSR count). The Kier molecular flexibility index (Phi) is 3.73. The molecule has 0 spiro atoms. The topological polar surface area (TPSA) is 64.6 Å². The van der Waals surface area contributed by atoms with E-state index < -0.39 is 17.8 Å². The Morgan fingerprint density at radius 2 is 1.95 bits per heavy atom. The number of amides is 1. The van der Waals surface area contributed by atoms with Gasteiger partial charge >= 0.3 is 0 Å². The van der Waals surface area contributed by atoms with Gasteiger partial charge in [-0.2, -0.15) is 0 Å². The Morgan fingerprint density at radius 3 is 2.64 bits per heavy atom. The summed E-state index contributed by atoms with van der Waals surface area (Å²) in [5.74, 6) is 0.114. The minimum atomic E-state index is -1.20. The Hall–Kier alpha value is -2.53. The van der Waals surface area contributed by atoms with Gasteiger partial charge in [-0.15, -0.1) is 0 Å². The molecule has 0 radical (unpaired) electrons. The third kappa shape index (κ3) is 2.63. The largest absolute Gasteiger partial charge is 0.497 e. The van der Waals surface area contributed by atoms with E-state index in [0.29, 0.717) is 27.8 Å². The minimum absolute atomic E-state index is 0.322. The van der Waals surface area contributed by atoms with Crippen molar-refractivity contribution in [1.82, 2.24) is 0 Å². The van der Waals surface area contributed by atoms with Gasteiger partial charge in [0.05, 0.1) is 12.7 Å². The Bertz CT molecular complexity index is 742. The number of hydrogen-bond donors (Lipinski definition) is 1. The summed E-state index contributed by atoms with van der Waals surface area (Å²) in [5, 5.41) is 3.06. The molecule has 0 bridgehead atoms. The van der Waals surface area contributed by atoms with Gasteiger partial charge in [-0.25, -0.2) is 0 Å². The van der Waals surface area contributed by atoms with Gasteiger partial charge in [-0.05, 0) is 42.5 Å². The molecular formula is C16H12ClNO4. The first-order valence-electron chi connectivity index (χ1n) is 6.54. The summed E-state index contributed by atoms with van der Waals surface area (Å²) in [7, 11) is 1.56. The van der Waals surface area contributed by atoms with Gasteiger partial charge in [0.2, 0.25) is 11.9 Å². The van der Waals surface area contributed by atoms with Crippen molar-refractivity contribution >= 4 is 29.0 Å². The number of carbonyl (C=O) groups excluding carboxylic acids is 2. The summed E-state index contributed by atoms with van der Waals surface area (Å²) in [5.41, 5.74) is 0.874. The fourth-order valence-electron chi connectivity index (χ4n) is 2.17. The fourth-order valence-corrected chi connectivity index (χ4v) is 2.35. The van der Waals surface area contributed by atoms with Crippen LogP contribution in [0, 0.1) is 0 Å².